The smallest absolute Gasteiger partial charge is 0.237 e. The van der Waals surface area contributed by atoms with Gasteiger partial charge in [0.2, 0.25) is 5.91 Å². The number of nitrogens with one attached hydrogen (secondary N) is 1. The van der Waals surface area contributed by atoms with Gasteiger partial charge in [0.25, 0.3) is 0 Å². The van der Waals surface area contributed by atoms with Gasteiger partial charge in [0.1, 0.15) is 5.75 Å². The van der Waals surface area contributed by atoms with Crippen molar-refractivity contribution in [1.29, 1.82) is 0 Å². The van der Waals surface area contributed by atoms with Crippen LogP contribution in [0.5, 0.6) is 5.75 Å². The van der Waals surface area contributed by atoms with Crippen LogP contribution in [0, 0.1) is 5.92 Å². The Kier molecular flexibility index (Phi) is 5.01. The molecule has 1 fully saturated rings. The Hall–Kier alpha value is -1.55. The van der Waals surface area contributed by atoms with E-state index in [1.807, 2.05) is 0 Å². The average Bonchev–Trinajstić information content (AvgIpc) is 2.95. The van der Waals surface area contributed by atoms with Crippen LogP contribution in [0.3, 0.4) is 0 Å². The molecule has 1 aromatic rings. The summed E-state index contributed by atoms with van der Waals surface area (Å²) >= 11 is 0. The monoisotopic (exact) mass is 276 g/mol. The molecule has 0 bridgehead atoms. The molecular formula is C16H24N2O2. The van der Waals surface area contributed by atoms with Gasteiger partial charge in [-0.3, -0.25) is 4.79 Å². The maximum Gasteiger partial charge on any atom is 0.237 e. The van der Waals surface area contributed by atoms with Gasteiger partial charge in [-0.15, -0.1) is 0 Å². The predicted octanol–water partition coefficient (Wildman–Crippen LogP) is 1.96. The molecule has 110 valence electrons. The summed E-state index contributed by atoms with van der Waals surface area (Å²) in [6.45, 7) is 2.07. The number of rotatable bonds is 5. The summed E-state index contributed by atoms with van der Waals surface area (Å²) in [4.78, 5) is 12.1. The number of carbonyl (C=O) groups excluding carboxylic acids is 1. The molecular weight excluding hydrogens is 252 g/mol. The van der Waals surface area contributed by atoms with Crippen LogP contribution in [0.4, 0.5) is 0 Å². The summed E-state index contributed by atoms with van der Waals surface area (Å²) in [5, 5.41) is 12.3. The van der Waals surface area contributed by atoms with Gasteiger partial charge in [0, 0.05) is 6.04 Å². The van der Waals surface area contributed by atoms with Crippen LogP contribution in [-0.2, 0) is 11.2 Å². The zero-order valence-corrected chi connectivity index (χ0v) is 12.0. The maximum atomic E-state index is 12.1. The summed E-state index contributed by atoms with van der Waals surface area (Å²) in [6.07, 6.45) is 5.43. The number of hydrogen-bond acceptors (Lipinski definition) is 3. The average molecular weight is 276 g/mol. The SMILES string of the molecule is C[C@H](NC(=O)[C@@H](N)Cc1ccc(O)cc1)C1CCCC1. The number of carbonyl (C=O) groups is 1. The quantitative estimate of drug-likeness (QED) is 0.769. The van der Waals surface area contributed by atoms with E-state index in [1.165, 1.54) is 25.7 Å². The number of amides is 1. The highest BCUT2D eigenvalue weighted by Gasteiger charge is 2.24. The van der Waals surface area contributed by atoms with Crippen molar-refractivity contribution >= 4 is 5.91 Å². The second-order valence-corrected chi connectivity index (χ2v) is 5.82. The first-order chi connectivity index (χ1) is 9.56. The second-order valence-electron chi connectivity index (χ2n) is 5.82. The summed E-state index contributed by atoms with van der Waals surface area (Å²) in [6, 6.07) is 6.48. The minimum Gasteiger partial charge on any atom is -0.508 e. The lowest BCUT2D eigenvalue weighted by atomic mass is 9.99. The number of nitrogens with two attached hydrogens (primary N) is 1. The Balaban J connectivity index is 1.83. The molecule has 2 atom stereocenters. The first-order valence-electron chi connectivity index (χ1n) is 7.40. The Morgan fingerprint density at radius 3 is 2.55 bits per heavy atom. The summed E-state index contributed by atoms with van der Waals surface area (Å²) < 4.78 is 0. The molecule has 0 spiro atoms. The fourth-order valence-electron chi connectivity index (χ4n) is 2.89. The van der Waals surface area contributed by atoms with E-state index in [2.05, 4.69) is 12.2 Å². The van der Waals surface area contributed by atoms with Gasteiger partial charge in [0.05, 0.1) is 6.04 Å². The summed E-state index contributed by atoms with van der Waals surface area (Å²) in [5.41, 5.74) is 6.92. The van der Waals surface area contributed by atoms with Gasteiger partial charge in [-0.25, -0.2) is 0 Å². The maximum absolute atomic E-state index is 12.1. The lowest BCUT2D eigenvalue weighted by Crippen LogP contribution is -2.47. The van der Waals surface area contributed by atoms with Gasteiger partial charge >= 0.3 is 0 Å². The zero-order chi connectivity index (χ0) is 14.5. The van der Waals surface area contributed by atoms with Crippen LogP contribution in [0.1, 0.15) is 38.2 Å². The van der Waals surface area contributed by atoms with Crippen LogP contribution in [0.2, 0.25) is 0 Å². The Labute approximate surface area is 120 Å². The molecule has 0 heterocycles. The van der Waals surface area contributed by atoms with Gasteiger partial charge < -0.3 is 16.2 Å². The molecule has 0 aliphatic heterocycles. The molecule has 1 aliphatic rings. The van der Waals surface area contributed by atoms with Crippen molar-refractivity contribution in [3.8, 4) is 5.75 Å². The third-order valence-electron chi connectivity index (χ3n) is 4.21. The van der Waals surface area contributed by atoms with Crippen molar-refractivity contribution in [2.45, 2.75) is 51.1 Å². The minimum atomic E-state index is -0.539. The van der Waals surface area contributed by atoms with E-state index in [0.29, 0.717) is 12.3 Å². The molecule has 0 radical (unpaired) electrons. The van der Waals surface area contributed by atoms with Gasteiger partial charge in [-0.05, 0) is 49.8 Å². The van der Waals surface area contributed by atoms with E-state index >= 15 is 0 Å². The van der Waals surface area contributed by atoms with Crippen LogP contribution in [0.25, 0.3) is 0 Å². The van der Waals surface area contributed by atoms with Gasteiger partial charge in [-0.1, -0.05) is 25.0 Å². The van der Waals surface area contributed by atoms with Crippen molar-refractivity contribution in [1.82, 2.24) is 5.32 Å². The minimum absolute atomic E-state index is 0.0857. The molecule has 1 amide bonds. The highest BCUT2D eigenvalue weighted by atomic mass is 16.3. The Morgan fingerprint density at radius 1 is 1.35 bits per heavy atom. The van der Waals surface area contributed by atoms with E-state index < -0.39 is 6.04 Å². The van der Waals surface area contributed by atoms with E-state index in [9.17, 15) is 9.90 Å². The molecule has 1 aromatic carbocycles. The first kappa shape index (κ1) is 14.9. The van der Waals surface area contributed by atoms with Gasteiger partial charge in [0.15, 0.2) is 0 Å². The van der Waals surface area contributed by atoms with E-state index in [4.69, 9.17) is 5.73 Å². The number of benzene rings is 1. The number of phenolic OH excluding ortho intramolecular Hbond substituents is 1. The third-order valence-corrected chi connectivity index (χ3v) is 4.21. The van der Waals surface area contributed by atoms with Crippen molar-refractivity contribution in [2.24, 2.45) is 11.7 Å². The predicted molar refractivity (Wildman–Crippen MR) is 79.3 cm³/mol. The molecule has 1 aliphatic carbocycles. The number of phenols is 1. The number of aromatic hydroxyl groups is 1. The van der Waals surface area contributed by atoms with E-state index in [-0.39, 0.29) is 17.7 Å². The van der Waals surface area contributed by atoms with Crippen LogP contribution in [-0.4, -0.2) is 23.1 Å². The van der Waals surface area contributed by atoms with Gasteiger partial charge in [-0.2, -0.15) is 0 Å². The van der Waals surface area contributed by atoms with E-state index in [0.717, 1.165) is 5.56 Å². The van der Waals surface area contributed by atoms with Crippen molar-refractivity contribution in [3.63, 3.8) is 0 Å². The first-order valence-corrected chi connectivity index (χ1v) is 7.40. The molecule has 1 saturated carbocycles. The standard InChI is InChI=1S/C16H24N2O2/c1-11(13-4-2-3-5-13)18-16(20)15(17)10-12-6-8-14(19)9-7-12/h6-9,11,13,15,19H,2-5,10,17H2,1H3,(H,18,20)/t11-,15-/m0/s1. The Morgan fingerprint density at radius 2 is 1.95 bits per heavy atom. The summed E-state index contributed by atoms with van der Waals surface area (Å²) in [5.74, 6) is 0.735. The highest BCUT2D eigenvalue weighted by Crippen LogP contribution is 2.27. The summed E-state index contributed by atoms with van der Waals surface area (Å²) in [7, 11) is 0. The molecule has 0 aromatic heterocycles. The van der Waals surface area contributed by atoms with E-state index in [1.54, 1.807) is 24.3 Å². The van der Waals surface area contributed by atoms with Crippen LogP contribution >= 0.6 is 0 Å². The second kappa shape index (κ2) is 6.75. The van der Waals surface area contributed by atoms with Crippen molar-refractivity contribution in [2.75, 3.05) is 0 Å². The molecule has 4 heteroatoms. The molecule has 4 N–H and O–H groups in total. The fraction of sp³-hybridized carbons (Fsp3) is 0.562. The van der Waals surface area contributed by atoms with Crippen LogP contribution in [0.15, 0.2) is 24.3 Å². The zero-order valence-electron chi connectivity index (χ0n) is 12.0. The molecule has 2 rings (SSSR count). The Bertz CT molecular complexity index is 438. The third kappa shape index (κ3) is 3.97. The van der Waals surface area contributed by atoms with Crippen LogP contribution < -0.4 is 11.1 Å². The lowest BCUT2D eigenvalue weighted by Gasteiger charge is -2.22. The fourth-order valence-corrected chi connectivity index (χ4v) is 2.89. The highest BCUT2D eigenvalue weighted by molar-refractivity contribution is 5.82. The molecule has 0 saturated heterocycles. The number of hydrogen-bond donors (Lipinski definition) is 3. The molecule has 20 heavy (non-hydrogen) atoms. The largest absolute Gasteiger partial charge is 0.508 e. The van der Waals surface area contributed by atoms with Crippen molar-refractivity contribution < 1.29 is 9.90 Å². The molecule has 4 nitrogen and oxygen atoms in total. The normalized spacial score (nSPS) is 18.7. The lowest BCUT2D eigenvalue weighted by molar-refractivity contribution is -0.123. The topological polar surface area (TPSA) is 75.4 Å². The molecule has 0 unspecified atom stereocenters. The van der Waals surface area contributed by atoms with Crippen molar-refractivity contribution in [3.05, 3.63) is 29.8 Å².